The number of nitrogens with one attached hydrogen (secondary N) is 2. The van der Waals surface area contributed by atoms with E-state index in [1.165, 1.54) is 0 Å². The van der Waals surface area contributed by atoms with E-state index < -0.39 is 0 Å². The molecule has 3 aromatic rings. The molecule has 0 saturated carbocycles. The first kappa shape index (κ1) is 15.9. The van der Waals surface area contributed by atoms with Crippen molar-refractivity contribution in [2.24, 2.45) is 0 Å². The van der Waals surface area contributed by atoms with Crippen LogP contribution in [0.5, 0.6) is 0 Å². The number of aryl methyl sites for hydroxylation is 1. The van der Waals surface area contributed by atoms with Gasteiger partial charge in [0.2, 0.25) is 5.82 Å². The third kappa shape index (κ3) is 3.34. The highest BCUT2D eigenvalue weighted by molar-refractivity contribution is 6.01. The topological polar surface area (TPSA) is 88.5 Å². The van der Waals surface area contributed by atoms with Crippen molar-refractivity contribution in [3.05, 3.63) is 48.3 Å². The lowest BCUT2D eigenvalue weighted by atomic mass is 10.1. The second-order valence-electron chi connectivity index (χ2n) is 6.63. The van der Waals surface area contributed by atoms with E-state index in [-0.39, 0.29) is 17.3 Å². The van der Waals surface area contributed by atoms with Crippen LogP contribution in [0.1, 0.15) is 37.1 Å². The highest BCUT2D eigenvalue weighted by atomic mass is 16.2. The number of carbonyl (C=O) groups is 1. The first-order valence-corrected chi connectivity index (χ1v) is 7.68. The third-order valence-corrected chi connectivity index (χ3v) is 3.50. The van der Waals surface area contributed by atoms with E-state index in [0.717, 1.165) is 17.1 Å². The molecule has 1 amide bonds. The zero-order chi connectivity index (χ0) is 17.3. The summed E-state index contributed by atoms with van der Waals surface area (Å²) in [6, 6.07) is 7.45. The maximum absolute atomic E-state index is 12.2. The molecule has 7 heteroatoms. The minimum atomic E-state index is -0.334. The Kier molecular flexibility index (Phi) is 3.92. The van der Waals surface area contributed by atoms with Crippen molar-refractivity contribution in [2.45, 2.75) is 33.2 Å². The lowest BCUT2D eigenvalue weighted by Crippen LogP contribution is -2.23. The van der Waals surface area contributed by atoms with Gasteiger partial charge in [0.1, 0.15) is 12.2 Å². The fraction of sp³-hybridized carbons (Fsp3) is 0.294. The van der Waals surface area contributed by atoms with E-state index in [2.05, 4.69) is 25.4 Å². The standard InChI is InChI=1S/C17H20N6O/c1-11-9-18-14(20-11)12-5-7-13(8-6-12)21-16(24)15-19-10-23(22-15)17(2,3)4/h5-10H,1-4H3,(H,18,20)(H,21,24). The maximum atomic E-state index is 12.2. The average Bonchev–Trinajstić information content (AvgIpc) is 3.16. The number of aromatic amines is 1. The van der Waals surface area contributed by atoms with Gasteiger partial charge in [0, 0.05) is 23.1 Å². The summed E-state index contributed by atoms with van der Waals surface area (Å²) in [6.07, 6.45) is 3.35. The number of amides is 1. The number of rotatable bonds is 3. The summed E-state index contributed by atoms with van der Waals surface area (Å²) in [5, 5.41) is 7.02. The van der Waals surface area contributed by atoms with E-state index in [1.807, 2.05) is 52.0 Å². The number of nitrogens with zero attached hydrogens (tertiary/aromatic N) is 4. The van der Waals surface area contributed by atoms with Crippen molar-refractivity contribution in [2.75, 3.05) is 5.32 Å². The molecule has 2 heterocycles. The summed E-state index contributed by atoms with van der Waals surface area (Å²) in [7, 11) is 0. The first-order chi connectivity index (χ1) is 11.3. The molecule has 0 aliphatic heterocycles. The molecule has 0 fully saturated rings. The summed E-state index contributed by atoms with van der Waals surface area (Å²) in [5.74, 6) is 0.617. The first-order valence-electron chi connectivity index (χ1n) is 7.68. The van der Waals surface area contributed by atoms with Gasteiger partial charge in [0.15, 0.2) is 0 Å². The third-order valence-electron chi connectivity index (χ3n) is 3.50. The van der Waals surface area contributed by atoms with Crippen LogP contribution in [0.15, 0.2) is 36.8 Å². The number of H-pyrrole nitrogens is 1. The highest BCUT2D eigenvalue weighted by Crippen LogP contribution is 2.19. The summed E-state index contributed by atoms with van der Waals surface area (Å²) in [5.41, 5.74) is 2.42. The number of imidazole rings is 1. The molecule has 24 heavy (non-hydrogen) atoms. The Morgan fingerprint density at radius 2 is 1.88 bits per heavy atom. The molecule has 0 radical (unpaired) electrons. The summed E-state index contributed by atoms with van der Waals surface area (Å²) in [6.45, 7) is 7.95. The van der Waals surface area contributed by atoms with Gasteiger partial charge in [-0.05, 0) is 52.0 Å². The van der Waals surface area contributed by atoms with Crippen LogP contribution in [0, 0.1) is 6.92 Å². The Balaban J connectivity index is 1.72. The van der Waals surface area contributed by atoms with Crippen molar-refractivity contribution in [1.29, 1.82) is 0 Å². The van der Waals surface area contributed by atoms with Gasteiger partial charge in [-0.3, -0.25) is 4.79 Å². The van der Waals surface area contributed by atoms with Crippen LogP contribution in [0.2, 0.25) is 0 Å². The molecule has 0 aliphatic carbocycles. The quantitative estimate of drug-likeness (QED) is 0.775. The van der Waals surface area contributed by atoms with Crippen molar-refractivity contribution >= 4 is 11.6 Å². The van der Waals surface area contributed by atoms with Crippen LogP contribution < -0.4 is 5.32 Å². The second-order valence-corrected chi connectivity index (χ2v) is 6.63. The molecule has 0 bridgehead atoms. The number of hydrogen-bond donors (Lipinski definition) is 2. The van der Waals surface area contributed by atoms with Gasteiger partial charge in [-0.2, -0.15) is 0 Å². The monoisotopic (exact) mass is 324 g/mol. The predicted molar refractivity (Wildman–Crippen MR) is 91.7 cm³/mol. The Labute approximate surface area is 140 Å². The number of anilines is 1. The summed E-state index contributed by atoms with van der Waals surface area (Å²) < 4.78 is 1.67. The van der Waals surface area contributed by atoms with Gasteiger partial charge >= 0.3 is 0 Å². The molecular formula is C17H20N6O. The smallest absolute Gasteiger partial charge is 0.295 e. The minimum absolute atomic E-state index is 0.149. The van der Waals surface area contributed by atoms with Crippen molar-refractivity contribution < 1.29 is 4.79 Å². The molecule has 124 valence electrons. The van der Waals surface area contributed by atoms with Crippen molar-refractivity contribution in [3.63, 3.8) is 0 Å². The van der Waals surface area contributed by atoms with Crippen LogP contribution in [0.3, 0.4) is 0 Å². The Morgan fingerprint density at radius 1 is 1.17 bits per heavy atom. The molecule has 0 aliphatic rings. The molecule has 7 nitrogen and oxygen atoms in total. The van der Waals surface area contributed by atoms with Crippen molar-refractivity contribution in [3.8, 4) is 11.4 Å². The number of aromatic nitrogens is 5. The number of carbonyl (C=O) groups excluding carboxylic acids is 1. The second kappa shape index (κ2) is 5.92. The van der Waals surface area contributed by atoms with Crippen LogP contribution in [-0.4, -0.2) is 30.6 Å². The van der Waals surface area contributed by atoms with E-state index in [9.17, 15) is 4.79 Å². The van der Waals surface area contributed by atoms with Gasteiger partial charge in [0.25, 0.3) is 5.91 Å². The van der Waals surface area contributed by atoms with E-state index in [0.29, 0.717) is 5.69 Å². The lowest BCUT2D eigenvalue weighted by molar-refractivity contribution is 0.101. The molecule has 1 aromatic carbocycles. The number of benzene rings is 1. The average molecular weight is 324 g/mol. The van der Waals surface area contributed by atoms with Crippen LogP contribution >= 0.6 is 0 Å². The summed E-state index contributed by atoms with van der Waals surface area (Å²) >= 11 is 0. The molecule has 3 rings (SSSR count). The lowest BCUT2D eigenvalue weighted by Gasteiger charge is -2.17. The molecule has 2 N–H and O–H groups in total. The Hall–Kier alpha value is -2.96. The molecule has 0 unspecified atom stereocenters. The zero-order valence-electron chi connectivity index (χ0n) is 14.2. The molecule has 0 atom stereocenters. The molecule has 0 saturated heterocycles. The Bertz CT molecular complexity index is 854. The largest absolute Gasteiger partial charge is 0.342 e. The minimum Gasteiger partial charge on any atom is -0.342 e. The van der Waals surface area contributed by atoms with E-state index >= 15 is 0 Å². The van der Waals surface area contributed by atoms with E-state index in [1.54, 1.807) is 17.2 Å². The normalized spacial score (nSPS) is 11.5. The fourth-order valence-electron chi connectivity index (χ4n) is 2.15. The van der Waals surface area contributed by atoms with Crippen LogP contribution in [-0.2, 0) is 5.54 Å². The van der Waals surface area contributed by atoms with Crippen molar-refractivity contribution in [1.82, 2.24) is 24.7 Å². The van der Waals surface area contributed by atoms with Gasteiger partial charge in [-0.15, -0.1) is 5.10 Å². The summed E-state index contributed by atoms with van der Waals surface area (Å²) in [4.78, 5) is 23.8. The van der Waals surface area contributed by atoms with Gasteiger partial charge < -0.3 is 10.3 Å². The van der Waals surface area contributed by atoms with Crippen LogP contribution in [0.4, 0.5) is 5.69 Å². The van der Waals surface area contributed by atoms with Crippen LogP contribution in [0.25, 0.3) is 11.4 Å². The Morgan fingerprint density at radius 3 is 2.42 bits per heavy atom. The van der Waals surface area contributed by atoms with Gasteiger partial charge in [-0.25, -0.2) is 14.6 Å². The molecular weight excluding hydrogens is 304 g/mol. The maximum Gasteiger partial charge on any atom is 0.295 e. The number of hydrogen-bond acceptors (Lipinski definition) is 4. The van der Waals surface area contributed by atoms with Gasteiger partial charge in [-0.1, -0.05) is 0 Å². The van der Waals surface area contributed by atoms with Gasteiger partial charge in [0.05, 0.1) is 5.54 Å². The predicted octanol–water partition coefficient (Wildman–Crippen LogP) is 2.98. The highest BCUT2D eigenvalue weighted by Gasteiger charge is 2.18. The molecule has 2 aromatic heterocycles. The SMILES string of the molecule is Cc1cnc(-c2ccc(NC(=O)c3ncn(C(C)(C)C)n3)cc2)[nH]1. The fourth-order valence-corrected chi connectivity index (χ4v) is 2.15. The zero-order valence-corrected chi connectivity index (χ0v) is 14.2. The van der Waals surface area contributed by atoms with E-state index in [4.69, 9.17) is 0 Å². The molecule has 0 spiro atoms.